The number of nitrogens with one attached hydrogen (secondary N) is 1. The number of hydrogen-bond acceptors (Lipinski definition) is 6. The molecule has 4 atom stereocenters. The van der Waals surface area contributed by atoms with Crippen molar-refractivity contribution in [3.05, 3.63) is 33.1 Å². The van der Waals surface area contributed by atoms with E-state index >= 15 is 0 Å². The van der Waals surface area contributed by atoms with Crippen molar-refractivity contribution >= 4 is 0 Å². The van der Waals surface area contributed by atoms with Gasteiger partial charge in [0, 0.05) is 25.1 Å². The molecule has 3 heterocycles. The van der Waals surface area contributed by atoms with Gasteiger partial charge in [0.05, 0.1) is 6.61 Å². The zero-order valence-corrected chi connectivity index (χ0v) is 11.9. The quantitative estimate of drug-likeness (QED) is 0.762. The van der Waals surface area contributed by atoms with Gasteiger partial charge in [-0.15, -0.1) is 0 Å². The van der Waals surface area contributed by atoms with Crippen LogP contribution < -0.4 is 11.2 Å². The minimum atomic E-state index is -0.716. The number of H-pyrrole nitrogens is 1. The SMILES string of the molecule is O=c1ccn(C2O[C@H](CO)[C@H]3OC4(CCCC4)O[C@@H]23)c(=O)[nH]1. The lowest BCUT2D eigenvalue weighted by molar-refractivity contribution is -0.216. The first-order valence-corrected chi connectivity index (χ1v) is 7.55. The monoisotopic (exact) mass is 310 g/mol. The van der Waals surface area contributed by atoms with Gasteiger partial charge in [-0.1, -0.05) is 0 Å². The van der Waals surface area contributed by atoms with Crippen molar-refractivity contribution in [3.63, 3.8) is 0 Å². The average Bonchev–Trinajstić information content (AvgIpc) is 3.16. The highest BCUT2D eigenvalue weighted by atomic mass is 16.8. The van der Waals surface area contributed by atoms with Gasteiger partial charge in [-0.3, -0.25) is 14.3 Å². The molecule has 1 unspecified atom stereocenters. The van der Waals surface area contributed by atoms with Crippen LogP contribution >= 0.6 is 0 Å². The van der Waals surface area contributed by atoms with Crippen molar-refractivity contribution in [2.45, 2.75) is 56.0 Å². The molecule has 1 aliphatic carbocycles. The largest absolute Gasteiger partial charge is 0.394 e. The molecule has 8 nitrogen and oxygen atoms in total. The highest BCUT2D eigenvalue weighted by molar-refractivity contribution is 5.00. The highest BCUT2D eigenvalue weighted by Gasteiger charge is 2.59. The van der Waals surface area contributed by atoms with E-state index in [1.165, 1.54) is 16.8 Å². The number of fused-ring (bicyclic) bond motifs is 1. The number of rotatable bonds is 2. The Balaban J connectivity index is 1.69. The standard InChI is InChI=1S/C14H18N2O6/c17-7-8-10-11(22-14(21-10)4-1-2-5-14)12(20-8)16-6-3-9(18)15-13(16)19/h3,6,8,10-12,17H,1-2,4-5,7H2,(H,15,18,19)/t8-,10-,11-,12?/m1/s1. The van der Waals surface area contributed by atoms with E-state index in [2.05, 4.69) is 4.98 Å². The molecule has 4 rings (SSSR count). The Labute approximate surface area is 125 Å². The van der Waals surface area contributed by atoms with Crippen LogP contribution in [0.2, 0.25) is 0 Å². The molecule has 120 valence electrons. The molecule has 22 heavy (non-hydrogen) atoms. The molecule has 8 heteroatoms. The Kier molecular flexibility index (Phi) is 3.23. The zero-order chi connectivity index (χ0) is 15.3. The predicted molar refractivity (Wildman–Crippen MR) is 73.3 cm³/mol. The van der Waals surface area contributed by atoms with E-state index in [1.807, 2.05) is 0 Å². The number of aromatic amines is 1. The molecule has 1 spiro atoms. The number of aliphatic hydroxyl groups excluding tert-OH is 1. The number of ether oxygens (including phenoxy) is 3. The second-order valence-electron chi connectivity index (χ2n) is 6.05. The van der Waals surface area contributed by atoms with E-state index in [9.17, 15) is 14.7 Å². The lowest BCUT2D eigenvalue weighted by Gasteiger charge is -2.27. The first-order chi connectivity index (χ1) is 10.6. The number of nitrogens with zero attached hydrogens (tertiary/aromatic N) is 1. The van der Waals surface area contributed by atoms with Gasteiger partial charge in [0.1, 0.15) is 18.3 Å². The molecule has 0 bridgehead atoms. The van der Waals surface area contributed by atoms with E-state index in [-0.39, 0.29) is 6.61 Å². The highest BCUT2D eigenvalue weighted by Crippen LogP contribution is 2.48. The summed E-state index contributed by atoms with van der Waals surface area (Å²) in [4.78, 5) is 25.4. The summed E-state index contributed by atoms with van der Waals surface area (Å²) in [6, 6.07) is 1.26. The van der Waals surface area contributed by atoms with E-state index < -0.39 is 41.6 Å². The van der Waals surface area contributed by atoms with Crippen molar-refractivity contribution < 1.29 is 19.3 Å². The van der Waals surface area contributed by atoms with Gasteiger partial charge in [0.15, 0.2) is 12.0 Å². The summed E-state index contributed by atoms with van der Waals surface area (Å²) in [6.07, 6.45) is 2.93. The van der Waals surface area contributed by atoms with E-state index in [0.29, 0.717) is 0 Å². The maximum absolute atomic E-state index is 12.0. The minimum absolute atomic E-state index is 0.213. The Morgan fingerprint density at radius 1 is 1.27 bits per heavy atom. The number of aliphatic hydroxyl groups is 1. The maximum Gasteiger partial charge on any atom is 0.330 e. The second kappa shape index (κ2) is 5.02. The second-order valence-corrected chi connectivity index (χ2v) is 6.05. The Morgan fingerprint density at radius 2 is 2.00 bits per heavy atom. The van der Waals surface area contributed by atoms with Crippen LogP contribution in [0, 0.1) is 0 Å². The predicted octanol–water partition coefficient (Wildman–Crippen LogP) is -0.519. The van der Waals surface area contributed by atoms with Crippen molar-refractivity contribution in [1.82, 2.24) is 9.55 Å². The molecule has 3 fully saturated rings. The van der Waals surface area contributed by atoms with E-state index in [1.54, 1.807) is 0 Å². The molecule has 2 aliphatic heterocycles. The third kappa shape index (κ3) is 2.06. The van der Waals surface area contributed by atoms with Gasteiger partial charge in [-0.25, -0.2) is 4.79 Å². The fourth-order valence-corrected chi connectivity index (χ4v) is 3.65. The summed E-state index contributed by atoms with van der Waals surface area (Å²) in [5, 5.41) is 9.52. The first-order valence-electron chi connectivity index (χ1n) is 7.55. The van der Waals surface area contributed by atoms with Gasteiger partial charge < -0.3 is 19.3 Å². The molecule has 2 saturated heterocycles. The topological polar surface area (TPSA) is 103 Å². The van der Waals surface area contributed by atoms with Crippen LogP contribution in [0.4, 0.5) is 0 Å². The van der Waals surface area contributed by atoms with Crippen LogP contribution in [0.5, 0.6) is 0 Å². The van der Waals surface area contributed by atoms with Crippen LogP contribution in [-0.4, -0.2) is 45.4 Å². The van der Waals surface area contributed by atoms with Gasteiger partial charge >= 0.3 is 5.69 Å². The molecular weight excluding hydrogens is 292 g/mol. The fourth-order valence-electron chi connectivity index (χ4n) is 3.65. The molecule has 0 amide bonds. The van der Waals surface area contributed by atoms with Gasteiger partial charge in [0.25, 0.3) is 5.56 Å². The fraction of sp³-hybridized carbons (Fsp3) is 0.714. The van der Waals surface area contributed by atoms with Crippen molar-refractivity contribution in [1.29, 1.82) is 0 Å². The molecule has 1 aromatic rings. The van der Waals surface area contributed by atoms with Crippen LogP contribution in [-0.2, 0) is 14.2 Å². The van der Waals surface area contributed by atoms with Crippen LogP contribution in [0.15, 0.2) is 21.9 Å². The summed E-state index contributed by atoms with van der Waals surface area (Å²) >= 11 is 0. The number of hydrogen-bond donors (Lipinski definition) is 2. The smallest absolute Gasteiger partial charge is 0.330 e. The summed E-state index contributed by atoms with van der Waals surface area (Å²) in [7, 11) is 0. The summed E-state index contributed by atoms with van der Waals surface area (Å²) < 4.78 is 19.2. The Bertz CT molecular complexity index is 676. The number of aromatic nitrogens is 2. The lowest BCUT2D eigenvalue weighted by Crippen LogP contribution is -2.37. The molecule has 3 aliphatic rings. The van der Waals surface area contributed by atoms with E-state index in [0.717, 1.165) is 25.7 Å². The van der Waals surface area contributed by atoms with Gasteiger partial charge in [-0.2, -0.15) is 0 Å². The minimum Gasteiger partial charge on any atom is -0.394 e. The van der Waals surface area contributed by atoms with Crippen LogP contribution in [0.3, 0.4) is 0 Å². The van der Waals surface area contributed by atoms with Crippen molar-refractivity contribution in [2.24, 2.45) is 0 Å². The maximum atomic E-state index is 12.0. The third-order valence-electron chi connectivity index (χ3n) is 4.66. The van der Waals surface area contributed by atoms with Gasteiger partial charge in [-0.05, 0) is 12.8 Å². The van der Waals surface area contributed by atoms with Crippen molar-refractivity contribution in [2.75, 3.05) is 6.61 Å². The third-order valence-corrected chi connectivity index (χ3v) is 4.66. The first kappa shape index (κ1) is 14.1. The molecule has 0 radical (unpaired) electrons. The van der Waals surface area contributed by atoms with Crippen LogP contribution in [0.25, 0.3) is 0 Å². The zero-order valence-electron chi connectivity index (χ0n) is 11.9. The summed E-state index contributed by atoms with van der Waals surface area (Å²) in [6.45, 7) is -0.213. The molecule has 1 saturated carbocycles. The molecular formula is C14H18N2O6. The van der Waals surface area contributed by atoms with Crippen molar-refractivity contribution in [3.8, 4) is 0 Å². The van der Waals surface area contributed by atoms with Gasteiger partial charge in [0.2, 0.25) is 0 Å². The normalized spacial score (nSPS) is 36.0. The van der Waals surface area contributed by atoms with E-state index in [4.69, 9.17) is 14.2 Å². The average molecular weight is 310 g/mol. The summed E-state index contributed by atoms with van der Waals surface area (Å²) in [5.41, 5.74) is -1.03. The molecule has 2 N–H and O–H groups in total. The Morgan fingerprint density at radius 3 is 2.68 bits per heavy atom. The molecule has 1 aromatic heterocycles. The van der Waals surface area contributed by atoms with Crippen LogP contribution in [0.1, 0.15) is 31.9 Å². The molecule has 0 aromatic carbocycles. The lowest BCUT2D eigenvalue weighted by atomic mass is 10.1. The summed E-state index contributed by atoms with van der Waals surface area (Å²) in [5.74, 6) is -0.615. The Hall–Kier alpha value is -1.48.